The SMILES string of the molecule is CNc1ccc(CNC(=O)[C@@H]2C[C@@H](Cc3ccccc3C#N)CN2C(=O)[C@H]2C[C@@H](c3ccccc3)CN2)cc1N.N. The first kappa shape index (κ1) is 29.6. The number of rotatable bonds is 8. The maximum absolute atomic E-state index is 13.9. The van der Waals surface area contributed by atoms with Gasteiger partial charge >= 0.3 is 0 Å². The summed E-state index contributed by atoms with van der Waals surface area (Å²) in [5.74, 6) is 0.135. The van der Waals surface area contributed by atoms with Crippen molar-refractivity contribution >= 4 is 23.2 Å². The monoisotopic (exact) mass is 553 g/mol. The number of hydrogen-bond donors (Lipinski definition) is 5. The smallest absolute Gasteiger partial charge is 0.243 e. The van der Waals surface area contributed by atoms with Crippen LogP contribution in [0.15, 0.2) is 72.8 Å². The highest BCUT2D eigenvalue weighted by Gasteiger charge is 2.43. The van der Waals surface area contributed by atoms with Gasteiger partial charge in [-0.2, -0.15) is 5.26 Å². The maximum Gasteiger partial charge on any atom is 0.243 e. The van der Waals surface area contributed by atoms with E-state index in [1.807, 2.05) is 67.7 Å². The molecule has 0 aromatic heterocycles. The highest BCUT2D eigenvalue weighted by molar-refractivity contribution is 5.90. The van der Waals surface area contributed by atoms with Crippen LogP contribution >= 0.6 is 0 Å². The van der Waals surface area contributed by atoms with E-state index in [0.717, 1.165) is 23.4 Å². The third kappa shape index (κ3) is 6.68. The standard InChI is InChI=1S/C32H36N6O2.H3N/c1-35-28-12-11-21(14-27(28)34)18-37-31(39)30-15-22(13-24-9-5-6-10-25(24)17-33)20-38(30)32(40)29-16-26(19-36-29)23-7-3-2-4-8-23;/h2-12,14,22,26,29-30,35-36H,13,15-16,18-20,34H2,1H3,(H,37,39);1H3/t22-,26-,29-,30+;/m1./s1. The molecule has 2 heterocycles. The molecule has 2 amide bonds. The number of anilines is 2. The summed E-state index contributed by atoms with van der Waals surface area (Å²) in [6.45, 7) is 1.54. The van der Waals surface area contributed by atoms with Crippen LogP contribution in [0.25, 0.3) is 0 Å². The number of amides is 2. The van der Waals surface area contributed by atoms with Gasteiger partial charge in [0.15, 0.2) is 0 Å². The molecule has 9 nitrogen and oxygen atoms in total. The Bertz CT molecular complexity index is 1400. The maximum atomic E-state index is 13.9. The van der Waals surface area contributed by atoms with E-state index in [0.29, 0.717) is 43.6 Å². The summed E-state index contributed by atoms with van der Waals surface area (Å²) in [5, 5.41) is 19.1. The fraction of sp³-hybridized carbons (Fsp3) is 0.344. The third-order valence-electron chi connectivity index (χ3n) is 8.17. The Morgan fingerprint density at radius 1 is 1.07 bits per heavy atom. The van der Waals surface area contributed by atoms with Crippen LogP contribution in [0.1, 0.15) is 41.0 Å². The van der Waals surface area contributed by atoms with Crippen molar-refractivity contribution in [3.8, 4) is 6.07 Å². The Labute approximate surface area is 241 Å². The second-order valence-corrected chi connectivity index (χ2v) is 10.8. The van der Waals surface area contributed by atoms with Gasteiger partial charge in [0.1, 0.15) is 6.04 Å². The number of nitrogen functional groups attached to an aromatic ring is 1. The van der Waals surface area contributed by atoms with Crippen LogP contribution in [-0.4, -0.2) is 48.9 Å². The van der Waals surface area contributed by atoms with Gasteiger partial charge in [-0.25, -0.2) is 0 Å². The molecule has 0 spiro atoms. The zero-order valence-corrected chi connectivity index (χ0v) is 23.5. The lowest BCUT2D eigenvalue weighted by Crippen LogP contribution is -2.51. The Kier molecular flexibility index (Phi) is 9.61. The molecule has 0 bridgehead atoms. The number of nitriles is 1. The van der Waals surface area contributed by atoms with Gasteiger partial charge in [0, 0.05) is 26.7 Å². The molecule has 2 aliphatic heterocycles. The molecule has 0 radical (unpaired) electrons. The number of hydrogen-bond acceptors (Lipinski definition) is 7. The first-order valence-corrected chi connectivity index (χ1v) is 13.9. The molecule has 8 N–H and O–H groups in total. The third-order valence-corrected chi connectivity index (χ3v) is 8.17. The first-order chi connectivity index (χ1) is 19.5. The van der Waals surface area contributed by atoms with Crippen LogP contribution in [0, 0.1) is 17.2 Å². The first-order valence-electron chi connectivity index (χ1n) is 13.9. The van der Waals surface area contributed by atoms with Crippen LogP contribution < -0.4 is 27.8 Å². The normalized spacial score (nSPS) is 21.5. The molecule has 2 saturated heterocycles. The lowest BCUT2D eigenvalue weighted by atomic mass is 9.94. The van der Waals surface area contributed by atoms with E-state index < -0.39 is 6.04 Å². The summed E-state index contributed by atoms with van der Waals surface area (Å²) in [6.07, 6.45) is 1.89. The Hall–Kier alpha value is -4.39. The average molecular weight is 554 g/mol. The molecule has 0 aliphatic carbocycles. The molecular weight excluding hydrogens is 514 g/mol. The van der Waals surface area contributed by atoms with E-state index >= 15 is 0 Å². The molecule has 214 valence electrons. The van der Waals surface area contributed by atoms with Crippen molar-refractivity contribution in [2.24, 2.45) is 5.92 Å². The van der Waals surface area contributed by atoms with E-state index in [1.54, 1.807) is 4.90 Å². The molecule has 41 heavy (non-hydrogen) atoms. The highest BCUT2D eigenvalue weighted by Crippen LogP contribution is 2.32. The van der Waals surface area contributed by atoms with E-state index in [2.05, 4.69) is 34.2 Å². The van der Waals surface area contributed by atoms with E-state index in [1.165, 1.54) is 5.56 Å². The summed E-state index contributed by atoms with van der Waals surface area (Å²) in [4.78, 5) is 29.2. The van der Waals surface area contributed by atoms with Crippen molar-refractivity contribution in [1.29, 1.82) is 5.26 Å². The Morgan fingerprint density at radius 3 is 2.56 bits per heavy atom. The van der Waals surface area contributed by atoms with Crippen molar-refractivity contribution in [3.63, 3.8) is 0 Å². The molecule has 4 atom stereocenters. The summed E-state index contributed by atoms with van der Waals surface area (Å²) in [5.41, 5.74) is 11.2. The molecule has 2 fully saturated rings. The van der Waals surface area contributed by atoms with Crippen LogP contribution in [-0.2, 0) is 22.6 Å². The molecule has 0 saturated carbocycles. The minimum absolute atomic E-state index is 0. The number of carbonyl (C=O) groups is 2. The number of nitrogens with zero attached hydrogens (tertiary/aromatic N) is 2. The molecule has 0 unspecified atom stereocenters. The van der Waals surface area contributed by atoms with Gasteiger partial charge < -0.3 is 32.7 Å². The predicted octanol–water partition coefficient (Wildman–Crippen LogP) is 3.57. The van der Waals surface area contributed by atoms with Gasteiger partial charge in [0.2, 0.25) is 11.8 Å². The van der Waals surface area contributed by atoms with Crippen molar-refractivity contribution < 1.29 is 9.59 Å². The summed E-state index contributed by atoms with van der Waals surface area (Å²) in [7, 11) is 1.81. The van der Waals surface area contributed by atoms with Gasteiger partial charge in [-0.15, -0.1) is 0 Å². The van der Waals surface area contributed by atoms with Crippen molar-refractivity contribution in [3.05, 3.63) is 95.1 Å². The second-order valence-electron chi connectivity index (χ2n) is 10.8. The fourth-order valence-corrected chi connectivity index (χ4v) is 6.04. The van der Waals surface area contributed by atoms with Gasteiger partial charge in [-0.1, -0.05) is 54.6 Å². The molecule has 5 rings (SSSR count). The van der Waals surface area contributed by atoms with Gasteiger partial charge in [-0.3, -0.25) is 9.59 Å². The van der Waals surface area contributed by atoms with Crippen LogP contribution in [0.2, 0.25) is 0 Å². The average Bonchev–Trinajstić information content (AvgIpc) is 3.65. The minimum atomic E-state index is -0.571. The van der Waals surface area contributed by atoms with Crippen molar-refractivity contribution in [1.82, 2.24) is 21.7 Å². The van der Waals surface area contributed by atoms with E-state index in [9.17, 15) is 14.9 Å². The number of likely N-dealkylation sites (tertiary alicyclic amines) is 1. The number of nitrogens with two attached hydrogens (primary N) is 1. The number of benzene rings is 3. The molecule has 2 aliphatic rings. The molecule has 9 heteroatoms. The topological polar surface area (TPSA) is 158 Å². The molecular formula is C32H39N7O2. The lowest BCUT2D eigenvalue weighted by molar-refractivity contribution is -0.139. The summed E-state index contributed by atoms with van der Waals surface area (Å²) < 4.78 is 0. The van der Waals surface area contributed by atoms with E-state index in [-0.39, 0.29) is 35.8 Å². The van der Waals surface area contributed by atoms with Crippen LogP contribution in [0.5, 0.6) is 0 Å². The Balaban J connectivity index is 0.00000387. The fourth-order valence-electron chi connectivity index (χ4n) is 6.04. The Morgan fingerprint density at radius 2 is 1.83 bits per heavy atom. The van der Waals surface area contributed by atoms with Gasteiger partial charge in [0.25, 0.3) is 0 Å². The second kappa shape index (κ2) is 13.3. The zero-order valence-electron chi connectivity index (χ0n) is 23.5. The summed E-state index contributed by atoms with van der Waals surface area (Å²) >= 11 is 0. The zero-order chi connectivity index (χ0) is 28.1. The minimum Gasteiger partial charge on any atom is -0.397 e. The largest absolute Gasteiger partial charge is 0.397 e. The molecule has 3 aromatic carbocycles. The van der Waals surface area contributed by atoms with E-state index in [4.69, 9.17) is 5.73 Å². The number of nitrogens with one attached hydrogen (secondary N) is 3. The van der Waals surface area contributed by atoms with Gasteiger partial charge in [0.05, 0.1) is 29.0 Å². The van der Waals surface area contributed by atoms with Crippen molar-refractivity contribution in [2.75, 3.05) is 31.2 Å². The molecule has 3 aromatic rings. The highest BCUT2D eigenvalue weighted by atomic mass is 16.2. The lowest BCUT2D eigenvalue weighted by Gasteiger charge is -2.27. The van der Waals surface area contributed by atoms with Crippen LogP contribution in [0.3, 0.4) is 0 Å². The summed E-state index contributed by atoms with van der Waals surface area (Å²) in [6, 6.07) is 24.8. The van der Waals surface area contributed by atoms with Crippen LogP contribution in [0.4, 0.5) is 11.4 Å². The predicted molar refractivity (Wildman–Crippen MR) is 161 cm³/mol. The van der Waals surface area contributed by atoms with Gasteiger partial charge in [-0.05, 0) is 66.0 Å². The number of carbonyl (C=O) groups excluding carboxylic acids is 2. The quantitative estimate of drug-likeness (QED) is 0.267. The van der Waals surface area contributed by atoms with Crippen molar-refractivity contribution in [2.45, 2.75) is 43.8 Å².